The summed E-state index contributed by atoms with van der Waals surface area (Å²) >= 11 is 0. The standard InChI is InChI=1S/C16H26N4O/c1-19-9-8-15(18-19)16(21)17-11-13-7-10-20(12-13)14-5-3-2-4-6-14/h8-9,13-14H,2-7,10-12H2,1H3,(H,17,21)/t13-/m0/s1. The molecule has 1 N–H and O–H groups in total. The van der Waals surface area contributed by atoms with Crippen molar-refractivity contribution in [2.24, 2.45) is 13.0 Å². The molecule has 0 spiro atoms. The number of nitrogens with one attached hydrogen (secondary N) is 1. The van der Waals surface area contributed by atoms with Crippen molar-refractivity contribution in [2.45, 2.75) is 44.6 Å². The zero-order valence-corrected chi connectivity index (χ0v) is 12.9. The van der Waals surface area contributed by atoms with Crippen LogP contribution in [-0.4, -0.2) is 46.3 Å². The largest absolute Gasteiger partial charge is 0.350 e. The van der Waals surface area contributed by atoms with E-state index < -0.39 is 0 Å². The normalized spacial score (nSPS) is 24.3. The maximum absolute atomic E-state index is 12.0. The van der Waals surface area contributed by atoms with Crippen LogP contribution in [0, 0.1) is 5.92 Å². The molecule has 2 heterocycles. The molecule has 1 saturated carbocycles. The SMILES string of the molecule is Cn1ccc(C(=O)NC[C@@H]2CCN(C3CCCCC3)C2)n1. The van der Waals surface area contributed by atoms with Gasteiger partial charge in [0.25, 0.3) is 5.91 Å². The molecule has 2 aliphatic rings. The zero-order chi connectivity index (χ0) is 14.7. The molecule has 5 heteroatoms. The maximum atomic E-state index is 12.0. The lowest BCUT2D eigenvalue weighted by Gasteiger charge is -2.31. The van der Waals surface area contributed by atoms with Gasteiger partial charge >= 0.3 is 0 Å². The maximum Gasteiger partial charge on any atom is 0.271 e. The summed E-state index contributed by atoms with van der Waals surface area (Å²) in [6.45, 7) is 3.13. The topological polar surface area (TPSA) is 50.2 Å². The van der Waals surface area contributed by atoms with Gasteiger partial charge in [-0.1, -0.05) is 19.3 Å². The minimum Gasteiger partial charge on any atom is -0.350 e. The molecule has 21 heavy (non-hydrogen) atoms. The summed E-state index contributed by atoms with van der Waals surface area (Å²) in [6.07, 6.45) is 9.94. The van der Waals surface area contributed by atoms with Gasteiger partial charge in [-0.25, -0.2) is 0 Å². The van der Waals surface area contributed by atoms with Gasteiger partial charge < -0.3 is 10.2 Å². The Labute approximate surface area is 126 Å². The van der Waals surface area contributed by atoms with E-state index >= 15 is 0 Å². The van der Waals surface area contributed by atoms with Crippen LogP contribution in [0.1, 0.15) is 49.0 Å². The first-order chi connectivity index (χ1) is 10.2. The summed E-state index contributed by atoms with van der Waals surface area (Å²) in [5, 5.41) is 7.17. The molecule has 1 aromatic rings. The molecule has 1 aromatic heterocycles. The molecule has 0 bridgehead atoms. The fourth-order valence-electron chi connectivity index (χ4n) is 3.67. The van der Waals surface area contributed by atoms with Gasteiger partial charge in [0.2, 0.25) is 0 Å². The smallest absolute Gasteiger partial charge is 0.271 e. The van der Waals surface area contributed by atoms with Crippen LogP contribution in [0.2, 0.25) is 0 Å². The Morgan fingerprint density at radius 2 is 2.14 bits per heavy atom. The van der Waals surface area contributed by atoms with E-state index in [0.29, 0.717) is 11.6 Å². The fraction of sp³-hybridized carbons (Fsp3) is 0.750. The van der Waals surface area contributed by atoms with Crippen LogP contribution in [-0.2, 0) is 7.05 Å². The van der Waals surface area contributed by atoms with Crippen molar-refractivity contribution in [2.75, 3.05) is 19.6 Å². The lowest BCUT2D eigenvalue weighted by molar-refractivity contribution is 0.0940. The summed E-state index contributed by atoms with van der Waals surface area (Å²) in [5.74, 6) is 0.548. The predicted octanol–water partition coefficient (Wildman–Crippen LogP) is 1.80. The van der Waals surface area contributed by atoms with Gasteiger partial charge in [0, 0.05) is 32.4 Å². The summed E-state index contributed by atoms with van der Waals surface area (Å²) in [7, 11) is 1.83. The van der Waals surface area contributed by atoms with Gasteiger partial charge in [0.15, 0.2) is 0 Å². The molecule has 0 aromatic carbocycles. The minimum atomic E-state index is -0.0493. The molecule has 5 nitrogen and oxygen atoms in total. The number of carbonyl (C=O) groups excluding carboxylic acids is 1. The Hall–Kier alpha value is -1.36. The molecule has 3 rings (SSSR count). The van der Waals surface area contributed by atoms with Gasteiger partial charge in [-0.2, -0.15) is 5.10 Å². The van der Waals surface area contributed by atoms with Gasteiger partial charge in [-0.3, -0.25) is 9.48 Å². The third kappa shape index (κ3) is 3.64. The first-order valence-corrected chi connectivity index (χ1v) is 8.24. The van der Waals surface area contributed by atoms with Crippen LogP contribution >= 0.6 is 0 Å². The quantitative estimate of drug-likeness (QED) is 0.920. The van der Waals surface area contributed by atoms with Crippen molar-refractivity contribution in [3.05, 3.63) is 18.0 Å². The lowest BCUT2D eigenvalue weighted by atomic mass is 9.94. The number of nitrogens with zero attached hydrogens (tertiary/aromatic N) is 3. The Morgan fingerprint density at radius 1 is 1.33 bits per heavy atom. The van der Waals surface area contributed by atoms with E-state index in [9.17, 15) is 4.79 Å². The number of hydrogen-bond donors (Lipinski definition) is 1. The number of aryl methyl sites for hydroxylation is 1. The molecule has 1 amide bonds. The van der Waals surface area contributed by atoms with E-state index in [2.05, 4.69) is 15.3 Å². The molecular weight excluding hydrogens is 264 g/mol. The Kier molecular flexibility index (Phi) is 4.58. The predicted molar refractivity (Wildman–Crippen MR) is 82.1 cm³/mol. The second-order valence-corrected chi connectivity index (χ2v) is 6.53. The van der Waals surface area contributed by atoms with Gasteiger partial charge in [0.05, 0.1) is 0 Å². The van der Waals surface area contributed by atoms with Crippen molar-refractivity contribution in [3.8, 4) is 0 Å². The minimum absolute atomic E-state index is 0.0493. The third-order valence-corrected chi connectivity index (χ3v) is 4.91. The Balaban J connectivity index is 1.43. The van der Waals surface area contributed by atoms with Crippen LogP contribution in [0.25, 0.3) is 0 Å². The number of aromatic nitrogens is 2. The van der Waals surface area contributed by atoms with Crippen molar-refractivity contribution in [1.29, 1.82) is 0 Å². The summed E-state index contributed by atoms with van der Waals surface area (Å²) in [6, 6.07) is 2.56. The van der Waals surface area contributed by atoms with Gasteiger partial charge in [-0.05, 0) is 37.8 Å². The first-order valence-electron chi connectivity index (χ1n) is 8.24. The van der Waals surface area contributed by atoms with Crippen LogP contribution in [0.4, 0.5) is 0 Å². The molecule has 1 aliphatic carbocycles. The van der Waals surface area contributed by atoms with Crippen LogP contribution < -0.4 is 5.32 Å². The number of amides is 1. The number of rotatable bonds is 4. The van der Waals surface area contributed by atoms with E-state index in [1.807, 2.05) is 7.05 Å². The first kappa shape index (κ1) is 14.6. The molecule has 2 fully saturated rings. The highest BCUT2D eigenvalue weighted by Gasteiger charge is 2.29. The van der Waals surface area contributed by atoms with E-state index in [4.69, 9.17) is 0 Å². The second-order valence-electron chi connectivity index (χ2n) is 6.53. The molecule has 116 valence electrons. The van der Waals surface area contributed by atoms with Crippen molar-refractivity contribution >= 4 is 5.91 Å². The van der Waals surface area contributed by atoms with Crippen molar-refractivity contribution < 1.29 is 4.79 Å². The number of carbonyl (C=O) groups is 1. The molecule has 1 atom stereocenters. The van der Waals surface area contributed by atoms with Crippen LogP contribution in [0.15, 0.2) is 12.3 Å². The zero-order valence-electron chi connectivity index (χ0n) is 12.9. The Morgan fingerprint density at radius 3 is 2.86 bits per heavy atom. The van der Waals surface area contributed by atoms with E-state index in [1.54, 1.807) is 16.9 Å². The third-order valence-electron chi connectivity index (χ3n) is 4.91. The highest BCUT2D eigenvalue weighted by Crippen LogP contribution is 2.27. The van der Waals surface area contributed by atoms with E-state index in [-0.39, 0.29) is 5.91 Å². The fourth-order valence-corrected chi connectivity index (χ4v) is 3.67. The van der Waals surface area contributed by atoms with Crippen LogP contribution in [0.5, 0.6) is 0 Å². The van der Waals surface area contributed by atoms with Crippen LogP contribution in [0.3, 0.4) is 0 Å². The average molecular weight is 290 g/mol. The van der Waals surface area contributed by atoms with Crippen molar-refractivity contribution in [1.82, 2.24) is 20.0 Å². The second kappa shape index (κ2) is 6.60. The Bertz CT molecular complexity index is 478. The van der Waals surface area contributed by atoms with Gasteiger partial charge in [-0.15, -0.1) is 0 Å². The molecule has 1 saturated heterocycles. The average Bonchev–Trinajstić information content (AvgIpc) is 3.15. The number of likely N-dealkylation sites (tertiary alicyclic amines) is 1. The van der Waals surface area contributed by atoms with Crippen molar-refractivity contribution in [3.63, 3.8) is 0 Å². The monoisotopic (exact) mass is 290 g/mol. The molecule has 0 radical (unpaired) electrons. The van der Waals surface area contributed by atoms with E-state index in [1.165, 1.54) is 45.1 Å². The molecule has 0 unspecified atom stereocenters. The van der Waals surface area contributed by atoms with Gasteiger partial charge in [0.1, 0.15) is 5.69 Å². The molecular formula is C16H26N4O. The lowest BCUT2D eigenvalue weighted by Crippen LogP contribution is -2.36. The summed E-state index contributed by atoms with van der Waals surface area (Å²) < 4.78 is 1.66. The highest BCUT2D eigenvalue weighted by molar-refractivity contribution is 5.92. The summed E-state index contributed by atoms with van der Waals surface area (Å²) in [4.78, 5) is 14.6. The highest BCUT2D eigenvalue weighted by atomic mass is 16.1. The molecule has 1 aliphatic heterocycles. The summed E-state index contributed by atoms with van der Waals surface area (Å²) in [5.41, 5.74) is 0.514. The van der Waals surface area contributed by atoms with E-state index in [0.717, 1.165) is 19.1 Å². The number of hydrogen-bond acceptors (Lipinski definition) is 3.